The standard InChI is InChI=1S/C38H48O9P/c1-10-25(2)17-13-18-26(3)15-11-12-16-27(4)19-14-20-28(5)21-22-31-29(6)30(7)33(23-38(31,8)9)47-48(43,44)45-24-32(39)36-34(40)35(41)37(42)46-36/h10-22,32-33,36,40-41H,1,7,23-24H2,2-6,8-9H3,(H,43,44)/q-1/b12-11+,18-13+,19-14+,22-21+,25-17+,26-15+,27-16+,28-20+/t32-,33?,36+/m0/s1. The number of aliphatic hydroxyl groups is 2. The van der Waals surface area contributed by atoms with Gasteiger partial charge in [-0.05, 0) is 63.2 Å². The number of rotatable bonds is 15. The van der Waals surface area contributed by atoms with E-state index >= 15 is 0 Å². The average Bonchev–Trinajstić information content (AvgIpc) is 3.27. The molecule has 2 rings (SSSR count). The number of aliphatic hydroxyl groups excluding tert-OH is 2. The van der Waals surface area contributed by atoms with Gasteiger partial charge in [-0.25, -0.2) is 9.36 Å². The Morgan fingerprint density at radius 1 is 1.00 bits per heavy atom. The van der Waals surface area contributed by atoms with Gasteiger partial charge in [0.25, 0.3) is 0 Å². The molecule has 260 valence electrons. The molecule has 0 aromatic rings. The molecule has 1 aliphatic carbocycles. The fraction of sp³-hybridized carbons (Fsp3) is 0.342. The van der Waals surface area contributed by atoms with Gasteiger partial charge in [-0.15, -0.1) is 0 Å². The van der Waals surface area contributed by atoms with Gasteiger partial charge in [0.05, 0.1) is 12.7 Å². The highest BCUT2D eigenvalue weighted by Crippen LogP contribution is 2.52. The molecule has 0 amide bonds. The number of ether oxygens (including phenoxy) is 1. The van der Waals surface area contributed by atoms with Crippen LogP contribution < -0.4 is 5.11 Å². The number of cyclic esters (lactones) is 1. The summed E-state index contributed by atoms with van der Waals surface area (Å²) in [5.41, 5.74) is 6.17. The average molecular weight is 680 g/mol. The Kier molecular flexibility index (Phi) is 15.0. The van der Waals surface area contributed by atoms with E-state index < -0.39 is 55.6 Å². The van der Waals surface area contributed by atoms with Crippen molar-refractivity contribution in [2.75, 3.05) is 6.61 Å². The second kappa shape index (κ2) is 18.0. The molecule has 1 heterocycles. The predicted octanol–water partition coefficient (Wildman–Crippen LogP) is 7.97. The molecule has 0 aromatic heterocycles. The number of hydrogen-bond donors (Lipinski definition) is 3. The number of phosphoric acid groups is 1. The van der Waals surface area contributed by atoms with E-state index in [0.29, 0.717) is 12.0 Å². The molecule has 48 heavy (non-hydrogen) atoms. The summed E-state index contributed by atoms with van der Waals surface area (Å²) in [4.78, 5) is 21.7. The monoisotopic (exact) mass is 679 g/mol. The highest BCUT2D eigenvalue weighted by molar-refractivity contribution is 7.47. The van der Waals surface area contributed by atoms with E-state index in [2.05, 4.69) is 17.9 Å². The molecular weight excluding hydrogens is 631 g/mol. The maximum absolute atomic E-state index is 12.7. The van der Waals surface area contributed by atoms with Crippen LogP contribution in [0.4, 0.5) is 0 Å². The minimum atomic E-state index is -4.76. The van der Waals surface area contributed by atoms with Crippen LogP contribution in [0, 0.1) is 5.41 Å². The zero-order valence-corrected chi connectivity index (χ0v) is 29.7. The van der Waals surface area contributed by atoms with Crippen LogP contribution in [-0.4, -0.2) is 46.0 Å². The lowest BCUT2D eigenvalue weighted by atomic mass is 9.70. The summed E-state index contributed by atoms with van der Waals surface area (Å²) in [5.74, 6) is -3.30. The van der Waals surface area contributed by atoms with Gasteiger partial charge in [0, 0.05) is 0 Å². The smallest absolute Gasteiger partial charge is 0.472 e. The van der Waals surface area contributed by atoms with Gasteiger partial charge >= 0.3 is 13.8 Å². The Hall–Kier alpha value is -3.98. The van der Waals surface area contributed by atoms with Crippen molar-refractivity contribution in [2.24, 2.45) is 5.41 Å². The number of hydrogen-bond acceptors (Lipinski definition) is 8. The van der Waals surface area contributed by atoms with Gasteiger partial charge in [0.15, 0.2) is 11.9 Å². The maximum atomic E-state index is 12.7. The normalized spacial score (nSPS) is 23.7. The van der Waals surface area contributed by atoms with E-state index in [4.69, 9.17) is 9.05 Å². The van der Waals surface area contributed by atoms with Crippen LogP contribution in [-0.2, 0) is 23.1 Å². The lowest BCUT2D eigenvalue weighted by Crippen LogP contribution is -2.43. The van der Waals surface area contributed by atoms with Gasteiger partial charge in [-0.2, -0.15) is 0 Å². The zero-order chi connectivity index (χ0) is 36.2. The zero-order valence-electron chi connectivity index (χ0n) is 28.8. The van der Waals surface area contributed by atoms with Crippen molar-refractivity contribution in [1.82, 2.24) is 0 Å². The first-order valence-electron chi connectivity index (χ1n) is 15.5. The number of phosphoric ester groups is 1. The highest BCUT2D eigenvalue weighted by Gasteiger charge is 2.40. The van der Waals surface area contributed by atoms with Crippen LogP contribution in [0.5, 0.6) is 0 Å². The van der Waals surface area contributed by atoms with Crippen molar-refractivity contribution in [3.05, 3.63) is 143 Å². The molecule has 0 radical (unpaired) electrons. The van der Waals surface area contributed by atoms with Crippen molar-refractivity contribution in [2.45, 2.75) is 73.2 Å². The largest absolute Gasteiger partial charge is 0.847 e. The van der Waals surface area contributed by atoms with Gasteiger partial charge in [0.2, 0.25) is 5.76 Å². The van der Waals surface area contributed by atoms with Crippen LogP contribution in [0.25, 0.3) is 0 Å². The fourth-order valence-corrected chi connectivity index (χ4v) is 5.72. The minimum absolute atomic E-state index is 0.312. The third-order valence-electron chi connectivity index (χ3n) is 7.74. The summed E-state index contributed by atoms with van der Waals surface area (Å²) in [6, 6.07) is 0. The molecule has 10 heteroatoms. The van der Waals surface area contributed by atoms with Crippen molar-refractivity contribution >= 4 is 13.8 Å². The molecule has 1 aliphatic heterocycles. The quantitative estimate of drug-likeness (QED) is 0.0891. The Morgan fingerprint density at radius 3 is 2.04 bits per heavy atom. The Morgan fingerprint density at radius 2 is 1.52 bits per heavy atom. The van der Waals surface area contributed by atoms with Gasteiger partial charge in [0.1, 0.15) is 0 Å². The molecule has 0 aromatic carbocycles. The highest BCUT2D eigenvalue weighted by atomic mass is 31.2. The molecule has 4 atom stereocenters. The topological polar surface area (TPSA) is 146 Å². The molecule has 3 N–H and O–H groups in total. The molecule has 0 saturated heterocycles. The second-order valence-corrected chi connectivity index (χ2v) is 13.8. The number of carbonyl (C=O) groups excluding carboxylic acids is 1. The van der Waals surface area contributed by atoms with Gasteiger partial charge < -0.3 is 24.9 Å². The SMILES string of the molecule is C=C/C(C)=C/C=C/C(C)=C/C=C/C=C(C)/C=C/C=C(C)/C=C/C1=C(C)C(=C)C(OP(=O)(O)OC[C@H]([O-])[C@H]2OC(=O)C(O)=C2O)CC1(C)C. The van der Waals surface area contributed by atoms with Crippen molar-refractivity contribution < 1.29 is 43.4 Å². The van der Waals surface area contributed by atoms with Crippen LogP contribution in [0.3, 0.4) is 0 Å². The molecular formula is C38H48O9P-. The third kappa shape index (κ3) is 12.2. The summed E-state index contributed by atoms with van der Waals surface area (Å²) in [6.07, 6.45) is 21.7. The molecule has 9 nitrogen and oxygen atoms in total. The first-order chi connectivity index (χ1) is 22.4. The Labute approximate surface area is 284 Å². The first kappa shape index (κ1) is 40.2. The van der Waals surface area contributed by atoms with Crippen molar-refractivity contribution in [1.29, 1.82) is 0 Å². The molecule has 0 spiro atoms. The van der Waals surface area contributed by atoms with E-state index in [9.17, 15) is 29.6 Å². The van der Waals surface area contributed by atoms with Gasteiger partial charge in [-0.3, -0.25) is 9.05 Å². The minimum Gasteiger partial charge on any atom is -0.847 e. The lowest BCUT2D eigenvalue weighted by molar-refractivity contribution is -0.438. The summed E-state index contributed by atoms with van der Waals surface area (Å²) in [6.45, 7) is 20.8. The number of esters is 1. The van der Waals surface area contributed by atoms with Crippen LogP contribution >= 0.6 is 7.82 Å². The van der Waals surface area contributed by atoms with Crippen LogP contribution in [0.2, 0.25) is 0 Å². The lowest BCUT2D eigenvalue weighted by Gasteiger charge is -2.39. The summed E-state index contributed by atoms with van der Waals surface area (Å²) in [5, 5.41) is 31.4. The van der Waals surface area contributed by atoms with E-state index in [1.54, 1.807) is 0 Å². The maximum Gasteiger partial charge on any atom is 0.472 e. The van der Waals surface area contributed by atoms with Crippen molar-refractivity contribution in [3.8, 4) is 0 Å². The summed E-state index contributed by atoms with van der Waals surface area (Å²) >= 11 is 0. The molecule has 0 bridgehead atoms. The van der Waals surface area contributed by atoms with Gasteiger partial charge in [-0.1, -0.05) is 134 Å². The number of carbonyl (C=O) groups is 1. The Balaban J connectivity index is 2.02. The molecule has 2 unspecified atom stereocenters. The van der Waals surface area contributed by atoms with Crippen LogP contribution in [0.1, 0.15) is 54.9 Å². The molecule has 0 saturated carbocycles. The van der Waals surface area contributed by atoms with E-state index in [-0.39, 0.29) is 0 Å². The fourth-order valence-electron chi connectivity index (χ4n) is 4.80. The molecule has 2 aliphatic rings. The summed E-state index contributed by atoms with van der Waals surface area (Å²) < 4.78 is 27.6. The van der Waals surface area contributed by atoms with E-state index in [0.717, 1.165) is 33.4 Å². The molecule has 0 fully saturated rings. The van der Waals surface area contributed by atoms with Crippen LogP contribution in [0.15, 0.2) is 143 Å². The van der Waals surface area contributed by atoms with Crippen molar-refractivity contribution in [3.63, 3.8) is 0 Å². The summed E-state index contributed by atoms with van der Waals surface area (Å²) in [7, 11) is -4.76. The van der Waals surface area contributed by atoms with E-state index in [1.807, 2.05) is 127 Å². The van der Waals surface area contributed by atoms with E-state index in [1.165, 1.54) is 0 Å². The third-order valence-corrected chi connectivity index (χ3v) is 8.74. The first-order valence-corrected chi connectivity index (χ1v) is 17.0. The number of allylic oxidation sites excluding steroid dienone is 18. The predicted molar refractivity (Wildman–Crippen MR) is 189 cm³/mol. The second-order valence-electron chi connectivity index (χ2n) is 12.4. The Bertz CT molecular complexity index is 1610.